The van der Waals surface area contributed by atoms with E-state index in [0.717, 1.165) is 18.9 Å². The number of carbonyl (C=O) groups excluding carboxylic acids is 3. The standard InChI is InChI=1S/C20H20FNO5/c1-2-3-12-26-19(24)14-8-10-15(11-9-14)22-18(23)13-27-20(25)16-6-4-5-7-17(16)21/h4-11H,2-3,12-13H2,1H3,(H,22,23). The lowest BCUT2D eigenvalue weighted by molar-refractivity contribution is -0.119. The summed E-state index contributed by atoms with van der Waals surface area (Å²) in [6.45, 7) is 1.80. The van der Waals surface area contributed by atoms with Crippen molar-refractivity contribution >= 4 is 23.5 Å². The van der Waals surface area contributed by atoms with Crippen LogP contribution in [0.3, 0.4) is 0 Å². The van der Waals surface area contributed by atoms with Gasteiger partial charge in [0.25, 0.3) is 5.91 Å². The molecule has 0 saturated carbocycles. The fourth-order valence-corrected chi connectivity index (χ4v) is 2.11. The summed E-state index contributed by atoms with van der Waals surface area (Å²) in [5, 5.41) is 2.52. The largest absolute Gasteiger partial charge is 0.462 e. The Morgan fingerprint density at radius 1 is 0.963 bits per heavy atom. The van der Waals surface area contributed by atoms with Gasteiger partial charge in [0, 0.05) is 5.69 Å². The molecule has 0 atom stereocenters. The third-order valence-electron chi connectivity index (χ3n) is 3.56. The fourth-order valence-electron chi connectivity index (χ4n) is 2.11. The molecule has 0 bridgehead atoms. The molecule has 2 aromatic carbocycles. The summed E-state index contributed by atoms with van der Waals surface area (Å²) in [5.41, 5.74) is 0.554. The van der Waals surface area contributed by atoms with Gasteiger partial charge in [0.2, 0.25) is 0 Å². The average Bonchev–Trinajstić information content (AvgIpc) is 2.67. The van der Waals surface area contributed by atoms with Crippen molar-refractivity contribution in [3.8, 4) is 0 Å². The van der Waals surface area contributed by atoms with Crippen LogP contribution >= 0.6 is 0 Å². The van der Waals surface area contributed by atoms with Crippen molar-refractivity contribution in [2.24, 2.45) is 0 Å². The Morgan fingerprint density at radius 2 is 1.67 bits per heavy atom. The lowest BCUT2D eigenvalue weighted by Gasteiger charge is -2.08. The van der Waals surface area contributed by atoms with Crippen molar-refractivity contribution in [3.05, 3.63) is 65.5 Å². The van der Waals surface area contributed by atoms with Crippen LogP contribution in [0.15, 0.2) is 48.5 Å². The van der Waals surface area contributed by atoms with Crippen molar-refractivity contribution in [1.82, 2.24) is 0 Å². The Morgan fingerprint density at radius 3 is 2.33 bits per heavy atom. The van der Waals surface area contributed by atoms with Crippen molar-refractivity contribution < 1.29 is 28.2 Å². The monoisotopic (exact) mass is 373 g/mol. The fraction of sp³-hybridized carbons (Fsp3) is 0.250. The lowest BCUT2D eigenvalue weighted by atomic mass is 10.2. The van der Waals surface area contributed by atoms with Crippen molar-refractivity contribution in [2.75, 3.05) is 18.5 Å². The van der Waals surface area contributed by atoms with Crippen LogP contribution in [0, 0.1) is 5.82 Å². The third kappa shape index (κ3) is 6.22. The first-order chi connectivity index (χ1) is 13.0. The Labute approximate surface area is 156 Å². The van der Waals surface area contributed by atoms with Gasteiger partial charge >= 0.3 is 11.9 Å². The number of nitrogens with one attached hydrogen (secondary N) is 1. The van der Waals surface area contributed by atoms with Crippen LogP contribution in [0.4, 0.5) is 10.1 Å². The van der Waals surface area contributed by atoms with Gasteiger partial charge in [-0.1, -0.05) is 25.5 Å². The van der Waals surface area contributed by atoms with Gasteiger partial charge in [-0.25, -0.2) is 14.0 Å². The van der Waals surface area contributed by atoms with Crippen LogP contribution < -0.4 is 5.32 Å². The zero-order valence-electron chi connectivity index (χ0n) is 14.9. The van der Waals surface area contributed by atoms with Gasteiger partial charge in [0.15, 0.2) is 6.61 Å². The van der Waals surface area contributed by atoms with E-state index in [-0.39, 0.29) is 5.56 Å². The van der Waals surface area contributed by atoms with E-state index in [1.165, 1.54) is 42.5 Å². The zero-order valence-corrected chi connectivity index (χ0v) is 14.9. The Balaban J connectivity index is 1.82. The maximum absolute atomic E-state index is 13.5. The Bertz CT molecular complexity index is 804. The summed E-state index contributed by atoms with van der Waals surface area (Å²) < 4.78 is 23.4. The molecule has 6 nitrogen and oxygen atoms in total. The van der Waals surface area contributed by atoms with Crippen molar-refractivity contribution in [3.63, 3.8) is 0 Å². The van der Waals surface area contributed by atoms with Crippen LogP contribution in [0.5, 0.6) is 0 Å². The summed E-state index contributed by atoms with van der Waals surface area (Å²) >= 11 is 0. The molecule has 0 radical (unpaired) electrons. The quantitative estimate of drug-likeness (QED) is 0.565. The minimum atomic E-state index is -0.923. The van der Waals surface area contributed by atoms with E-state index in [9.17, 15) is 18.8 Å². The summed E-state index contributed by atoms with van der Waals surface area (Å²) in [6, 6.07) is 11.5. The number of benzene rings is 2. The van der Waals surface area contributed by atoms with E-state index in [2.05, 4.69) is 5.32 Å². The molecule has 0 saturated heterocycles. The molecule has 0 fully saturated rings. The molecule has 1 amide bonds. The third-order valence-corrected chi connectivity index (χ3v) is 3.56. The molecule has 0 aliphatic heterocycles. The molecular weight excluding hydrogens is 353 g/mol. The van der Waals surface area contributed by atoms with Crippen LogP contribution in [0.25, 0.3) is 0 Å². The second-order valence-corrected chi connectivity index (χ2v) is 5.67. The molecule has 1 N–H and O–H groups in total. The summed E-state index contributed by atoms with van der Waals surface area (Å²) in [4.78, 5) is 35.4. The second-order valence-electron chi connectivity index (χ2n) is 5.67. The molecule has 0 aliphatic carbocycles. The highest BCUT2D eigenvalue weighted by molar-refractivity contribution is 5.96. The van der Waals surface area contributed by atoms with Crippen molar-refractivity contribution in [2.45, 2.75) is 19.8 Å². The predicted octanol–water partition coefficient (Wildman–Crippen LogP) is 3.58. The first kappa shape index (κ1) is 20.1. The summed E-state index contributed by atoms with van der Waals surface area (Å²) in [6.07, 6.45) is 1.73. The first-order valence-corrected chi connectivity index (χ1v) is 8.50. The van der Waals surface area contributed by atoms with E-state index < -0.39 is 30.3 Å². The van der Waals surface area contributed by atoms with Crippen molar-refractivity contribution in [1.29, 1.82) is 0 Å². The van der Waals surface area contributed by atoms with Gasteiger partial charge in [-0.3, -0.25) is 4.79 Å². The number of hydrogen-bond donors (Lipinski definition) is 1. The van der Waals surface area contributed by atoms with Gasteiger partial charge in [-0.15, -0.1) is 0 Å². The van der Waals surface area contributed by atoms with E-state index in [1.54, 1.807) is 0 Å². The van der Waals surface area contributed by atoms with E-state index in [0.29, 0.717) is 17.9 Å². The number of halogens is 1. The number of carbonyl (C=O) groups is 3. The number of unbranched alkanes of at least 4 members (excludes halogenated alkanes) is 1. The minimum absolute atomic E-state index is 0.240. The Hall–Kier alpha value is -3.22. The zero-order chi connectivity index (χ0) is 19.6. The van der Waals surface area contributed by atoms with Gasteiger partial charge in [-0.2, -0.15) is 0 Å². The maximum Gasteiger partial charge on any atom is 0.341 e. The predicted molar refractivity (Wildman–Crippen MR) is 96.9 cm³/mol. The van der Waals surface area contributed by atoms with Gasteiger partial charge < -0.3 is 14.8 Å². The number of hydrogen-bond acceptors (Lipinski definition) is 5. The van der Waals surface area contributed by atoms with E-state index in [4.69, 9.17) is 9.47 Å². The molecule has 0 spiro atoms. The molecule has 2 rings (SSSR count). The molecular formula is C20H20FNO5. The number of ether oxygens (including phenoxy) is 2. The topological polar surface area (TPSA) is 81.7 Å². The Kier molecular flexibility index (Phi) is 7.49. The molecule has 7 heteroatoms. The molecule has 2 aromatic rings. The normalized spacial score (nSPS) is 10.1. The summed E-state index contributed by atoms with van der Waals surface area (Å²) in [7, 11) is 0. The number of rotatable bonds is 8. The van der Waals surface area contributed by atoms with E-state index in [1.807, 2.05) is 6.92 Å². The highest BCUT2D eigenvalue weighted by atomic mass is 19.1. The molecule has 142 valence electrons. The molecule has 0 heterocycles. The van der Waals surface area contributed by atoms with Crippen LogP contribution in [-0.2, 0) is 14.3 Å². The van der Waals surface area contributed by atoms with Crippen LogP contribution in [0.1, 0.15) is 40.5 Å². The second kappa shape index (κ2) is 10.1. The summed E-state index contributed by atoms with van der Waals surface area (Å²) in [5.74, 6) is -2.66. The van der Waals surface area contributed by atoms with Gasteiger partial charge in [0.1, 0.15) is 5.82 Å². The highest BCUT2D eigenvalue weighted by Gasteiger charge is 2.14. The first-order valence-electron chi connectivity index (χ1n) is 8.50. The highest BCUT2D eigenvalue weighted by Crippen LogP contribution is 2.12. The molecule has 0 aliphatic rings. The maximum atomic E-state index is 13.5. The SMILES string of the molecule is CCCCOC(=O)c1ccc(NC(=O)COC(=O)c2ccccc2F)cc1. The van der Waals surface area contributed by atoms with Gasteiger partial charge in [-0.05, 0) is 42.8 Å². The average molecular weight is 373 g/mol. The van der Waals surface area contributed by atoms with Crippen LogP contribution in [0.2, 0.25) is 0 Å². The number of amides is 1. The minimum Gasteiger partial charge on any atom is -0.462 e. The molecule has 0 unspecified atom stereocenters. The van der Waals surface area contributed by atoms with E-state index >= 15 is 0 Å². The smallest absolute Gasteiger partial charge is 0.341 e. The van der Waals surface area contributed by atoms with Crippen LogP contribution in [-0.4, -0.2) is 31.1 Å². The lowest BCUT2D eigenvalue weighted by Crippen LogP contribution is -2.21. The van der Waals surface area contributed by atoms with Gasteiger partial charge in [0.05, 0.1) is 17.7 Å². The molecule has 27 heavy (non-hydrogen) atoms. The number of anilines is 1. The molecule has 0 aromatic heterocycles. The number of esters is 2.